The SMILES string of the molecule is OCc1cc(Br)c(C(F)F)nc1CCl. The van der Waals surface area contributed by atoms with Crippen LogP contribution in [0.1, 0.15) is 23.4 Å². The summed E-state index contributed by atoms with van der Waals surface area (Å²) in [5, 5.41) is 8.90. The standard InChI is InChI=1S/C8H7BrClF2NO/c9-5-1-4(3-14)6(2-10)13-7(5)8(11)12/h1,8,14H,2-3H2. The Morgan fingerprint density at radius 1 is 1.57 bits per heavy atom. The highest BCUT2D eigenvalue weighted by molar-refractivity contribution is 9.10. The lowest BCUT2D eigenvalue weighted by Gasteiger charge is -2.08. The Kier molecular flexibility index (Phi) is 4.22. The Hall–Kier alpha value is -0.260. The summed E-state index contributed by atoms with van der Waals surface area (Å²) in [7, 11) is 0. The van der Waals surface area contributed by atoms with Crippen molar-refractivity contribution in [2.24, 2.45) is 0 Å². The van der Waals surface area contributed by atoms with Gasteiger partial charge in [0.2, 0.25) is 0 Å². The highest BCUT2D eigenvalue weighted by Gasteiger charge is 2.16. The summed E-state index contributed by atoms with van der Waals surface area (Å²) in [6.07, 6.45) is -2.65. The second-order valence-electron chi connectivity index (χ2n) is 2.55. The highest BCUT2D eigenvalue weighted by atomic mass is 79.9. The molecule has 0 saturated carbocycles. The van der Waals surface area contributed by atoms with Crippen LogP contribution in [0, 0.1) is 0 Å². The number of rotatable bonds is 3. The van der Waals surface area contributed by atoms with Crippen molar-refractivity contribution in [3.05, 3.63) is 27.5 Å². The van der Waals surface area contributed by atoms with E-state index < -0.39 is 6.43 Å². The number of hydrogen-bond donors (Lipinski definition) is 1. The molecule has 0 saturated heterocycles. The molecule has 0 fully saturated rings. The quantitative estimate of drug-likeness (QED) is 0.867. The summed E-state index contributed by atoms with van der Waals surface area (Å²) in [4.78, 5) is 3.67. The maximum atomic E-state index is 12.4. The lowest BCUT2D eigenvalue weighted by atomic mass is 10.2. The first-order chi connectivity index (χ1) is 6.60. The normalized spacial score (nSPS) is 11.0. The highest BCUT2D eigenvalue weighted by Crippen LogP contribution is 2.28. The van der Waals surface area contributed by atoms with Crippen molar-refractivity contribution >= 4 is 27.5 Å². The minimum Gasteiger partial charge on any atom is -0.392 e. The van der Waals surface area contributed by atoms with Gasteiger partial charge >= 0.3 is 0 Å². The van der Waals surface area contributed by atoms with Crippen LogP contribution in [-0.4, -0.2) is 10.1 Å². The molecule has 1 N–H and O–H groups in total. The molecule has 2 nitrogen and oxygen atoms in total. The van der Waals surface area contributed by atoms with E-state index in [2.05, 4.69) is 20.9 Å². The van der Waals surface area contributed by atoms with Gasteiger partial charge in [0.25, 0.3) is 6.43 Å². The number of aliphatic hydroxyl groups excluding tert-OH is 1. The topological polar surface area (TPSA) is 33.1 Å². The van der Waals surface area contributed by atoms with Crippen LogP contribution in [0.4, 0.5) is 8.78 Å². The Labute approximate surface area is 93.0 Å². The van der Waals surface area contributed by atoms with Gasteiger partial charge in [-0.25, -0.2) is 13.8 Å². The van der Waals surface area contributed by atoms with Crippen molar-refractivity contribution in [3.8, 4) is 0 Å². The van der Waals surface area contributed by atoms with Crippen LogP contribution >= 0.6 is 27.5 Å². The number of aromatic nitrogens is 1. The summed E-state index contributed by atoms with van der Waals surface area (Å²) in [6.45, 7) is -0.267. The molecule has 0 spiro atoms. The molecule has 0 unspecified atom stereocenters. The van der Waals surface area contributed by atoms with Gasteiger partial charge in [0, 0.05) is 10.0 Å². The molecule has 0 amide bonds. The van der Waals surface area contributed by atoms with E-state index in [1.54, 1.807) is 0 Å². The Morgan fingerprint density at radius 3 is 2.64 bits per heavy atom. The molecule has 1 aromatic heterocycles. The van der Waals surface area contributed by atoms with Crippen LogP contribution in [0.5, 0.6) is 0 Å². The van der Waals surface area contributed by atoms with Crippen molar-refractivity contribution < 1.29 is 13.9 Å². The number of pyridine rings is 1. The van der Waals surface area contributed by atoms with E-state index in [1.165, 1.54) is 6.07 Å². The zero-order chi connectivity index (χ0) is 10.7. The molecular formula is C8H7BrClF2NO. The maximum absolute atomic E-state index is 12.4. The Balaban J connectivity index is 3.23. The van der Waals surface area contributed by atoms with Crippen molar-refractivity contribution in [1.29, 1.82) is 0 Å². The van der Waals surface area contributed by atoms with Crippen molar-refractivity contribution in [3.63, 3.8) is 0 Å². The van der Waals surface area contributed by atoms with Gasteiger partial charge in [-0.15, -0.1) is 11.6 Å². The Bertz CT molecular complexity index is 335. The fraction of sp³-hybridized carbons (Fsp3) is 0.375. The minimum absolute atomic E-state index is 0.00287. The van der Waals surface area contributed by atoms with E-state index in [9.17, 15) is 8.78 Å². The average Bonchev–Trinajstić information content (AvgIpc) is 2.16. The van der Waals surface area contributed by atoms with E-state index in [-0.39, 0.29) is 28.3 Å². The van der Waals surface area contributed by atoms with Gasteiger partial charge < -0.3 is 5.11 Å². The number of halogens is 4. The molecule has 14 heavy (non-hydrogen) atoms. The summed E-state index contributed by atoms with van der Waals surface area (Å²) in [5.41, 5.74) is 0.391. The molecule has 1 rings (SSSR count). The first-order valence-electron chi connectivity index (χ1n) is 3.73. The summed E-state index contributed by atoms with van der Waals surface area (Å²) >= 11 is 8.46. The van der Waals surface area contributed by atoms with Gasteiger partial charge in [-0.05, 0) is 22.0 Å². The smallest absolute Gasteiger partial charge is 0.281 e. The van der Waals surface area contributed by atoms with Crippen LogP contribution < -0.4 is 0 Å². The van der Waals surface area contributed by atoms with Crippen molar-refractivity contribution in [2.75, 3.05) is 0 Å². The molecule has 0 radical (unpaired) electrons. The molecule has 0 aromatic carbocycles. The molecule has 6 heteroatoms. The van der Waals surface area contributed by atoms with Gasteiger partial charge in [0.05, 0.1) is 18.2 Å². The fourth-order valence-corrected chi connectivity index (χ4v) is 1.76. The predicted molar refractivity (Wildman–Crippen MR) is 52.4 cm³/mol. The Morgan fingerprint density at radius 2 is 2.21 bits per heavy atom. The monoisotopic (exact) mass is 285 g/mol. The van der Waals surface area contributed by atoms with Crippen LogP contribution in [-0.2, 0) is 12.5 Å². The lowest BCUT2D eigenvalue weighted by molar-refractivity contribution is 0.144. The largest absolute Gasteiger partial charge is 0.392 e. The van der Waals surface area contributed by atoms with Gasteiger partial charge in [-0.3, -0.25) is 0 Å². The molecule has 78 valence electrons. The van der Waals surface area contributed by atoms with Crippen LogP contribution in [0.3, 0.4) is 0 Å². The number of aliphatic hydroxyl groups is 1. The van der Waals surface area contributed by atoms with E-state index in [0.717, 1.165) is 0 Å². The summed E-state index contributed by atoms with van der Waals surface area (Å²) in [6, 6.07) is 1.41. The van der Waals surface area contributed by atoms with Gasteiger partial charge in [0.1, 0.15) is 5.69 Å². The molecule has 0 aliphatic carbocycles. The van der Waals surface area contributed by atoms with Gasteiger partial charge in [0.15, 0.2) is 0 Å². The summed E-state index contributed by atoms with van der Waals surface area (Å²) in [5.74, 6) is 0.00287. The second kappa shape index (κ2) is 5.00. The van der Waals surface area contributed by atoms with Gasteiger partial charge in [-0.2, -0.15) is 0 Å². The molecule has 0 bridgehead atoms. The number of hydrogen-bond acceptors (Lipinski definition) is 2. The van der Waals surface area contributed by atoms with E-state index >= 15 is 0 Å². The molecule has 0 atom stereocenters. The average molecular weight is 287 g/mol. The van der Waals surface area contributed by atoms with E-state index in [4.69, 9.17) is 16.7 Å². The number of alkyl halides is 3. The van der Waals surface area contributed by atoms with E-state index in [0.29, 0.717) is 5.56 Å². The summed E-state index contributed by atoms with van der Waals surface area (Å²) < 4.78 is 24.9. The number of nitrogens with zero attached hydrogens (tertiary/aromatic N) is 1. The molecule has 0 aliphatic heterocycles. The molecule has 1 heterocycles. The zero-order valence-electron chi connectivity index (χ0n) is 6.98. The van der Waals surface area contributed by atoms with Crippen molar-refractivity contribution in [1.82, 2.24) is 4.98 Å². The maximum Gasteiger partial charge on any atom is 0.281 e. The first kappa shape index (κ1) is 11.8. The fourth-order valence-electron chi connectivity index (χ4n) is 0.986. The van der Waals surface area contributed by atoms with Crippen LogP contribution in [0.2, 0.25) is 0 Å². The first-order valence-corrected chi connectivity index (χ1v) is 5.06. The third-order valence-electron chi connectivity index (χ3n) is 1.68. The lowest BCUT2D eigenvalue weighted by Crippen LogP contribution is -2.01. The van der Waals surface area contributed by atoms with Crippen LogP contribution in [0.15, 0.2) is 10.5 Å². The third kappa shape index (κ3) is 2.40. The van der Waals surface area contributed by atoms with Crippen LogP contribution in [0.25, 0.3) is 0 Å². The predicted octanol–water partition coefficient (Wildman–Crippen LogP) is 3.01. The molecule has 1 aromatic rings. The molecule has 0 aliphatic rings. The molecular weight excluding hydrogens is 279 g/mol. The van der Waals surface area contributed by atoms with Gasteiger partial charge in [-0.1, -0.05) is 0 Å². The zero-order valence-corrected chi connectivity index (χ0v) is 9.32. The van der Waals surface area contributed by atoms with Crippen molar-refractivity contribution in [2.45, 2.75) is 18.9 Å². The minimum atomic E-state index is -2.65. The van der Waals surface area contributed by atoms with E-state index in [1.807, 2.05) is 0 Å². The second-order valence-corrected chi connectivity index (χ2v) is 3.68. The third-order valence-corrected chi connectivity index (χ3v) is 2.56.